The Morgan fingerprint density at radius 2 is 1.72 bits per heavy atom. The number of carbonyl (C=O) groups excluding carboxylic acids is 1. The first-order chi connectivity index (χ1) is 13.6. The van der Waals surface area contributed by atoms with Crippen LogP contribution in [-0.2, 0) is 14.8 Å². The smallest absolute Gasteiger partial charge is 0.336 e. The van der Waals surface area contributed by atoms with Crippen LogP contribution in [0.2, 0.25) is 0 Å². The molecule has 3 aromatic rings. The van der Waals surface area contributed by atoms with Crippen LogP contribution in [0, 0.1) is 20.8 Å². The Morgan fingerprint density at radius 1 is 1.07 bits per heavy atom. The molecule has 0 amide bonds. The number of aryl methyl sites for hydroxylation is 3. The standard InChI is InChI=1S/C21H21NO6S/c1-12-5-7-16(8-6-12)29(25,26)22-15(4)21(24)27-18-10-9-17-13(2)11-19(23)28-20(17)14(18)3/h5-11,15,22H,1-4H3/t15-/m1/s1. The van der Waals surface area contributed by atoms with Crippen molar-refractivity contribution in [2.24, 2.45) is 0 Å². The van der Waals surface area contributed by atoms with Crippen molar-refractivity contribution in [1.82, 2.24) is 4.72 Å². The van der Waals surface area contributed by atoms with Gasteiger partial charge in [0.05, 0.1) is 4.90 Å². The van der Waals surface area contributed by atoms with E-state index >= 15 is 0 Å². The largest absolute Gasteiger partial charge is 0.425 e. The maximum absolute atomic E-state index is 12.5. The minimum atomic E-state index is -3.88. The highest BCUT2D eigenvalue weighted by molar-refractivity contribution is 7.89. The van der Waals surface area contributed by atoms with Gasteiger partial charge in [0.1, 0.15) is 17.4 Å². The van der Waals surface area contributed by atoms with E-state index in [2.05, 4.69) is 4.72 Å². The average Bonchev–Trinajstić information content (AvgIpc) is 2.64. The summed E-state index contributed by atoms with van der Waals surface area (Å²) >= 11 is 0. The first-order valence-electron chi connectivity index (χ1n) is 8.93. The van der Waals surface area contributed by atoms with Gasteiger partial charge in [-0.3, -0.25) is 0 Å². The first-order valence-corrected chi connectivity index (χ1v) is 10.4. The van der Waals surface area contributed by atoms with Crippen molar-refractivity contribution in [2.45, 2.75) is 38.6 Å². The highest BCUT2D eigenvalue weighted by Crippen LogP contribution is 2.28. The van der Waals surface area contributed by atoms with Crippen molar-refractivity contribution >= 4 is 27.0 Å². The number of benzene rings is 2. The molecule has 0 unspecified atom stereocenters. The Morgan fingerprint density at radius 3 is 2.38 bits per heavy atom. The molecule has 0 fully saturated rings. The van der Waals surface area contributed by atoms with Gasteiger partial charge in [-0.1, -0.05) is 17.7 Å². The minimum Gasteiger partial charge on any atom is -0.425 e. The van der Waals surface area contributed by atoms with Crippen LogP contribution in [-0.4, -0.2) is 20.4 Å². The van der Waals surface area contributed by atoms with Crippen LogP contribution in [0.3, 0.4) is 0 Å². The van der Waals surface area contributed by atoms with Gasteiger partial charge in [-0.15, -0.1) is 0 Å². The quantitative estimate of drug-likeness (QED) is 0.390. The van der Waals surface area contributed by atoms with E-state index in [9.17, 15) is 18.0 Å². The number of fused-ring (bicyclic) bond motifs is 1. The van der Waals surface area contributed by atoms with Gasteiger partial charge in [-0.2, -0.15) is 4.72 Å². The van der Waals surface area contributed by atoms with Crippen molar-refractivity contribution in [1.29, 1.82) is 0 Å². The fourth-order valence-electron chi connectivity index (χ4n) is 2.87. The Hall–Kier alpha value is -2.97. The molecule has 3 rings (SSSR count). The van der Waals surface area contributed by atoms with E-state index in [0.717, 1.165) is 16.5 Å². The van der Waals surface area contributed by atoms with Crippen molar-refractivity contribution < 1.29 is 22.4 Å². The summed E-state index contributed by atoms with van der Waals surface area (Å²) in [5.41, 5.74) is 1.97. The summed E-state index contributed by atoms with van der Waals surface area (Å²) in [5, 5.41) is 0.732. The molecule has 1 aromatic heterocycles. The molecule has 0 aliphatic carbocycles. The van der Waals surface area contributed by atoms with Gasteiger partial charge >= 0.3 is 11.6 Å². The number of hydrogen-bond donors (Lipinski definition) is 1. The topological polar surface area (TPSA) is 103 Å². The zero-order valence-electron chi connectivity index (χ0n) is 16.5. The number of nitrogens with one attached hydrogen (secondary N) is 1. The molecular weight excluding hydrogens is 394 g/mol. The summed E-state index contributed by atoms with van der Waals surface area (Å²) in [6, 6.07) is 9.81. The fourth-order valence-corrected chi connectivity index (χ4v) is 4.07. The molecular formula is C21H21NO6S. The Kier molecular flexibility index (Phi) is 5.59. The van der Waals surface area contributed by atoms with Gasteiger partial charge in [-0.05, 0) is 57.5 Å². The minimum absolute atomic E-state index is 0.0573. The van der Waals surface area contributed by atoms with Gasteiger partial charge in [0.25, 0.3) is 0 Å². The molecule has 8 heteroatoms. The van der Waals surface area contributed by atoms with E-state index in [1.54, 1.807) is 38.1 Å². The van der Waals surface area contributed by atoms with Crippen LogP contribution in [0.15, 0.2) is 56.6 Å². The maximum atomic E-state index is 12.5. The monoisotopic (exact) mass is 415 g/mol. The third kappa shape index (κ3) is 4.38. The highest BCUT2D eigenvalue weighted by atomic mass is 32.2. The molecule has 2 aromatic carbocycles. The summed E-state index contributed by atoms with van der Waals surface area (Å²) in [7, 11) is -3.88. The van der Waals surface area contributed by atoms with E-state index < -0.39 is 27.7 Å². The second-order valence-corrected chi connectivity index (χ2v) is 8.60. The SMILES string of the molecule is Cc1ccc(S(=O)(=O)N[C@H](C)C(=O)Oc2ccc3c(C)cc(=O)oc3c2C)cc1. The lowest BCUT2D eigenvalue weighted by atomic mass is 10.1. The number of esters is 1. The normalized spacial score (nSPS) is 12.7. The van der Waals surface area contributed by atoms with E-state index in [-0.39, 0.29) is 10.6 Å². The summed E-state index contributed by atoms with van der Waals surface area (Å²) < 4.78 is 37.8. The van der Waals surface area contributed by atoms with Gasteiger partial charge < -0.3 is 9.15 Å². The van der Waals surface area contributed by atoms with E-state index in [0.29, 0.717) is 11.1 Å². The van der Waals surface area contributed by atoms with Crippen molar-refractivity contribution in [3.63, 3.8) is 0 Å². The molecule has 0 bridgehead atoms. The Balaban J connectivity index is 1.82. The molecule has 0 radical (unpaired) electrons. The molecule has 29 heavy (non-hydrogen) atoms. The molecule has 0 saturated carbocycles. The number of sulfonamides is 1. The number of carbonyl (C=O) groups is 1. The van der Waals surface area contributed by atoms with Crippen LogP contribution >= 0.6 is 0 Å². The lowest BCUT2D eigenvalue weighted by molar-refractivity contribution is -0.135. The number of ether oxygens (including phenoxy) is 1. The van der Waals surface area contributed by atoms with Crippen molar-refractivity contribution in [2.75, 3.05) is 0 Å². The third-order valence-electron chi connectivity index (χ3n) is 4.55. The van der Waals surface area contributed by atoms with Gasteiger partial charge in [-0.25, -0.2) is 18.0 Å². The van der Waals surface area contributed by atoms with Crippen LogP contribution in [0.25, 0.3) is 11.0 Å². The van der Waals surface area contributed by atoms with E-state index in [4.69, 9.17) is 9.15 Å². The lowest BCUT2D eigenvalue weighted by Gasteiger charge is -2.15. The summed E-state index contributed by atoms with van der Waals surface area (Å²) in [5.74, 6) is -0.587. The first kappa shape index (κ1) is 20.8. The molecule has 0 spiro atoms. The van der Waals surface area contributed by atoms with Gasteiger partial charge in [0.15, 0.2) is 0 Å². The third-order valence-corrected chi connectivity index (χ3v) is 6.10. The van der Waals surface area contributed by atoms with Crippen LogP contribution < -0.4 is 15.1 Å². The lowest BCUT2D eigenvalue weighted by Crippen LogP contribution is -2.40. The Bertz CT molecular complexity index is 1240. The van der Waals surface area contributed by atoms with E-state index in [1.807, 2.05) is 6.92 Å². The summed E-state index contributed by atoms with van der Waals surface area (Å²) in [4.78, 5) is 24.2. The summed E-state index contributed by atoms with van der Waals surface area (Å²) in [6.07, 6.45) is 0. The molecule has 1 N–H and O–H groups in total. The highest BCUT2D eigenvalue weighted by Gasteiger charge is 2.24. The second-order valence-electron chi connectivity index (χ2n) is 6.89. The average molecular weight is 415 g/mol. The molecule has 0 aliphatic heterocycles. The second kappa shape index (κ2) is 7.81. The van der Waals surface area contributed by atoms with Gasteiger partial charge in [0, 0.05) is 17.0 Å². The van der Waals surface area contributed by atoms with Crippen LogP contribution in [0.5, 0.6) is 5.75 Å². The maximum Gasteiger partial charge on any atom is 0.336 e. The molecule has 0 aliphatic rings. The van der Waals surface area contributed by atoms with Crippen LogP contribution in [0.4, 0.5) is 0 Å². The van der Waals surface area contributed by atoms with Gasteiger partial charge in [0.2, 0.25) is 10.0 Å². The van der Waals surface area contributed by atoms with Crippen molar-refractivity contribution in [3.8, 4) is 5.75 Å². The molecule has 152 valence electrons. The molecule has 1 atom stereocenters. The van der Waals surface area contributed by atoms with E-state index in [1.165, 1.54) is 25.1 Å². The molecule has 0 saturated heterocycles. The summed E-state index contributed by atoms with van der Waals surface area (Å²) in [6.45, 7) is 6.69. The number of hydrogen-bond acceptors (Lipinski definition) is 6. The predicted octanol–water partition coefficient (Wildman–Crippen LogP) is 2.99. The van der Waals surface area contributed by atoms with Crippen LogP contribution in [0.1, 0.15) is 23.6 Å². The predicted molar refractivity (Wildman–Crippen MR) is 109 cm³/mol. The number of rotatable bonds is 5. The fraction of sp³-hybridized carbons (Fsp3) is 0.238. The zero-order chi connectivity index (χ0) is 21.3. The molecule has 1 heterocycles. The van der Waals surface area contributed by atoms with Crippen molar-refractivity contribution in [3.05, 3.63) is 69.6 Å². The Labute approximate surface area is 168 Å². The zero-order valence-corrected chi connectivity index (χ0v) is 17.3. The molecule has 7 nitrogen and oxygen atoms in total.